The van der Waals surface area contributed by atoms with Crippen LogP contribution in [0.5, 0.6) is 0 Å². The highest BCUT2D eigenvalue weighted by molar-refractivity contribution is 7.01. The zero-order valence-electron chi connectivity index (χ0n) is 7.24. The molecule has 0 aromatic heterocycles. The van der Waals surface area contributed by atoms with Gasteiger partial charge in [0.15, 0.2) is 0 Å². The van der Waals surface area contributed by atoms with E-state index in [0.717, 1.165) is 0 Å². The van der Waals surface area contributed by atoms with Gasteiger partial charge in [0.05, 0.1) is 0 Å². The van der Waals surface area contributed by atoms with Crippen LogP contribution in [-0.2, 0) is 0 Å². The van der Waals surface area contributed by atoms with E-state index in [1.165, 1.54) is 20.4 Å². The third-order valence-electron chi connectivity index (χ3n) is 2.24. The molecule has 0 unspecified atom stereocenters. The molecule has 0 nitrogen and oxygen atoms in total. The Morgan fingerprint density at radius 2 is 1.64 bits per heavy atom. The Balaban J connectivity index is 3.29. The molecule has 0 aliphatic rings. The van der Waals surface area contributed by atoms with Gasteiger partial charge in [-0.15, -0.1) is 3.69 Å². The third-order valence-corrected chi connectivity index (χ3v) is 4.39. The lowest BCUT2D eigenvalue weighted by atomic mass is 10.1. The van der Waals surface area contributed by atoms with Crippen molar-refractivity contribution < 1.29 is 0 Å². The van der Waals surface area contributed by atoms with Crippen LogP contribution in [0.4, 0.5) is 0 Å². The van der Waals surface area contributed by atoms with Crippen LogP contribution in [0.3, 0.4) is 0 Å². The molecular weight excluding hydrogens is 168 g/mol. The minimum Gasteiger partial charge on any atom is -0.336 e. The van der Waals surface area contributed by atoms with Crippen LogP contribution in [0.25, 0.3) is 0 Å². The van der Waals surface area contributed by atoms with Crippen molar-refractivity contribution in [3.05, 3.63) is 28.8 Å². The van der Waals surface area contributed by atoms with Crippen molar-refractivity contribution in [3.8, 4) is 0 Å². The second kappa shape index (κ2) is 3.79. The maximum atomic E-state index is 5.95. The Bertz CT molecular complexity index is 269. The molecule has 0 fully saturated rings. The van der Waals surface area contributed by atoms with Crippen LogP contribution in [0, 0.1) is 20.8 Å². The van der Waals surface area contributed by atoms with Gasteiger partial charge in [-0.3, -0.25) is 0 Å². The fraction of sp³-hybridized carbons (Fsp3) is 0.333. The molecule has 2 heteroatoms. The highest BCUT2D eigenvalue weighted by Gasteiger charge is 2.05. The summed E-state index contributed by atoms with van der Waals surface area (Å²) in [5.74, 6) is 0. The van der Waals surface area contributed by atoms with E-state index >= 15 is 0 Å². The van der Waals surface area contributed by atoms with Gasteiger partial charge >= 0.3 is 19.3 Å². The van der Waals surface area contributed by atoms with Gasteiger partial charge in [-0.2, -0.15) is 0 Å². The molecule has 0 bridgehead atoms. The van der Waals surface area contributed by atoms with Crippen molar-refractivity contribution >= 4 is 32.0 Å². The maximum Gasteiger partial charge on any atom is 0.539 e. The molecule has 0 aliphatic heterocycles. The minimum atomic E-state index is -0.516. The second-order valence-corrected chi connectivity index (χ2v) is 4.71. The summed E-state index contributed by atoms with van der Waals surface area (Å²) in [5.41, 5.74) is 4.11. The van der Waals surface area contributed by atoms with Crippen molar-refractivity contribution in [1.29, 1.82) is 0 Å². The van der Waals surface area contributed by atoms with Gasteiger partial charge < -0.3 is 9.07 Å². The van der Waals surface area contributed by atoms with Gasteiger partial charge in [0, 0.05) is 0 Å². The van der Waals surface area contributed by atoms with Gasteiger partial charge in [-0.05, 0) is 20.8 Å². The van der Waals surface area contributed by atoms with Crippen molar-refractivity contribution in [3.63, 3.8) is 0 Å². The molecule has 0 aliphatic carbocycles. The molecule has 56 valence electrons. The first-order chi connectivity index (χ1) is 5.16. The first-order valence-electron chi connectivity index (χ1n) is 3.78. The maximum absolute atomic E-state index is 5.95. The first-order valence-corrected chi connectivity index (χ1v) is 6.63. The smallest absolute Gasteiger partial charge is 0.336 e. The Labute approximate surface area is 81.5 Å². The third kappa shape index (κ3) is 1.89. The van der Waals surface area contributed by atoms with Crippen molar-refractivity contribution in [2.75, 3.05) is 0 Å². The summed E-state index contributed by atoms with van der Waals surface area (Å²) in [5, 5.41) is 0. The van der Waals surface area contributed by atoms with Gasteiger partial charge in [0.2, 0.25) is 0 Å². The molecule has 0 saturated carbocycles. The SMILES string of the molecule is Cc1ccc(C)[c]([Mg][Cl])c1C. The number of hydrogen-bond acceptors (Lipinski definition) is 0. The van der Waals surface area contributed by atoms with Crippen LogP contribution in [0.2, 0.25) is 0 Å². The van der Waals surface area contributed by atoms with Gasteiger partial charge in [0.25, 0.3) is 0 Å². The normalized spacial score (nSPS) is 9.45. The molecule has 1 rings (SSSR count). The van der Waals surface area contributed by atoms with E-state index in [1.54, 1.807) is 0 Å². The summed E-state index contributed by atoms with van der Waals surface area (Å²) < 4.78 is 1.42. The number of aryl methyl sites for hydroxylation is 2. The number of halogens is 1. The van der Waals surface area contributed by atoms with Crippen LogP contribution < -0.4 is 3.69 Å². The fourth-order valence-electron chi connectivity index (χ4n) is 1.21. The van der Waals surface area contributed by atoms with Gasteiger partial charge in [-0.1, -0.05) is 28.8 Å². The molecule has 11 heavy (non-hydrogen) atoms. The zero-order chi connectivity index (χ0) is 8.43. The quantitative estimate of drug-likeness (QED) is 0.579. The molecule has 0 heterocycles. The molecule has 0 radical (unpaired) electrons. The summed E-state index contributed by atoms with van der Waals surface area (Å²) in [6.45, 7) is 6.43. The van der Waals surface area contributed by atoms with E-state index < -0.39 is 19.3 Å². The lowest BCUT2D eigenvalue weighted by Gasteiger charge is -2.09. The minimum absolute atomic E-state index is 0.516. The fourth-order valence-corrected chi connectivity index (χ4v) is 3.26. The lowest BCUT2D eigenvalue weighted by Crippen LogP contribution is -2.17. The molecular formula is C9H11ClMg. The van der Waals surface area contributed by atoms with E-state index in [9.17, 15) is 0 Å². The number of rotatable bonds is 1. The Kier molecular flexibility index (Phi) is 3.23. The average molecular weight is 179 g/mol. The summed E-state index contributed by atoms with van der Waals surface area (Å²) in [7, 11) is 5.95. The van der Waals surface area contributed by atoms with Crippen LogP contribution in [-0.4, -0.2) is 19.3 Å². The summed E-state index contributed by atoms with van der Waals surface area (Å²) in [6.07, 6.45) is 0. The van der Waals surface area contributed by atoms with Gasteiger partial charge in [-0.25, -0.2) is 0 Å². The monoisotopic (exact) mass is 178 g/mol. The van der Waals surface area contributed by atoms with Crippen LogP contribution in [0.1, 0.15) is 16.7 Å². The summed E-state index contributed by atoms with van der Waals surface area (Å²) in [6, 6.07) is 4.32. The van der Waals surface area contributed by atoms with Crippen LogP contribution >= 0.6 is 9.07 Å². The zero-order valence-corrected chi connectivity index (χ0v) is 9.41. The molecule has 1 aromatic carbocycles. The predicted molar refractivity (Wildman–Crippen MR) is 51.9 cm³/mol. The van der Waals surface area contributed by atoms with Crippen LogP contribution in [0.15, 0.2) is 12.1 Å². The molecule has 0 N–H and O–H groups in total. The lowest BCUT2D eigenvalue weighted by molar-refractivity contribution is 1.33. The highest BCUT2D eigenvalue weighted by Crippen LogP contribution is 2.06. The number of hydrogen-bond donors (Lipinski definition) is 0. The van der Waals surface area contributed by atoms with E-state index in [2.05, 4.69) is 32.9 Å². The van der Waals surface area contributed by atoms with E-state index in [-0.39, 0.29) is 0 Å². The average Bonchev–Trinajstić information content (AvgIpc) is 1.99. The Hall–Kier alpha value is 0.276. The first kappa shape index (κ1) is 9.36. The van der Waals surface area contributed by atoms with E-state index in [4.69, 9.17) is 9.07 Å². The van der Waals surface area contributed by atoms with E-state index in [1.807, 2.05) is 0 Å². The molecule has 0 amide bonds. The molecule has 0 atom stereocenters. The van der Waals surface area contributed by atoms with Crippen molar-refractivity contribution in [2.24, 2.45) is 0 Å². The molecule has 0 spiro atoms. The Morgan fingerprint density at radius 1 is 1.09 bits per heavy atom. The van der Waals surface area contributed by atoms with E-state index in [0.29, 0.717) is 0 Å². The summed E-state index contributed by atoms with van der Waals surface area (Å²) in [4.78, 5) is 0. The Morgan fingerprint density at radius 3 is 2.09 bits per heavy atom. The number of benzene rings is 1. The van der Waals surface area contributed by atoms with Crippen molar-refractivity contribution in [2.45, 2.75) is 20.8 Å². The standard InChI is InChI=1S/C9H11.ClH.Mg/c1-7-4-5-8(2)9(3)6-7;;/h4-5H,1-3H3;1H;/q;;+1/p-1. The highest BCUT2D eigenvalue weighted by atomic mass is 35.5. The topological polar surface area (TPSA) is 0 Å². The summed E-state index contributed by atoms with van der Waals surface area (Å²) >= 11 is -0.516. The van der Waals surface area contributed by atoms with Gasteiger partial charge in [0.1, 0.15) is 0 Å². The predicted octanol–water partition coefficient (Wildman–Crippen LogP) is 2.10. The largest absolute Gasteiger partial charge is 0.539 e. The van der Waals surface area contributed by atoms with Crippen molar-refractivity contribution in [1.82, 2.24) is 0 Å². The molecule has 1 aromatic rings. The second-order valence-electron chi connectivity index (χ2n) is 2.94. The molecule has 0 saturated heterocycles.